The summed E-state index contributed by atoms with van der Waals surface area (Å²) in [6.45, 7) is 2.24. The number of nitrogens with zero attached hydrogens (tertiary/aromatic N) is 4. The van der Waals surface area contributed by atoms with Crippen LogP contribution >= 0.6 is 0 Å². The summed E-state index contributed by atoms with van der Waals surface area (Å²) in [4.78, 5) is 8.82. The van der Waals surface area contributed by atoms with E-state index in [1.165, 1.54) is 19.3 Å². The highest BCUT2D eigenvalue weighted by molar-refractivity contribution is 5.87. The number of rotatable bonds is 5. The number of para-hydroxylation sites is 1. The van der Waals surface area contributed by atoms with Gasteiger partial charge in [-0.15, -0.1) is 0 Å². The molecule has 1 aliphatic rings. The molecular weight excluding hydrogens is 274 g/mol. The summed E-state index contributed by atoms with van der Waals surface area (Å²) >= 11 is 0. The fourth-order valence-corrected chi connectivity index (χ4v) is 3.01. The van der Waals surface area contributed by atoms with E-state index >= 15 is 0 Å². The molecule has 1 aliphatic carbocycles. The minimum absolute atomic E-state index is 0.554. The molecule has 0 amide bonds. The van der Waals surface area contributed by atoms with Gasteiger partial charge in [-0.1, -0.05) is 31.5 Å². The van der Waals surface area contributed by atoms with Gasteiger partial charge < -0.3 is 5.32 Å². The summed E-state index contributed by atoms with van der Waals surface area (Å²) in [6, 6.07) is 10.6. The topological polar surface area (TPSA) is 55.6 Å². The molecule has 0 bridgehead atoms. The molecule has 22 heavy (non-hydrogen) atoms. The molecule has 2 atom stereocenters. The first-order valence-electron chi connectivity index (χ1n) is 7.87. The summed E-state index contributed by atoms with van der Waals surface area (Å²) in [6.07, 6.45) is 7.24. The van der Waals surface area contributed by atoms with Crippen LogP contribution in [0.3, 0.4) is 0 Å². The summed E-state index contributed by atoms with van der Waals surface area (Å²) in [5, 5.41) is 9.02. The van der Waals surface area contributed by atoms with Crippen LogP contribution in [0.1, 0.15) is 26.2 Å². The minimum Gasteiger partial charge on any atom is -0.366 e. The number of hydrogen-bond donors (Lipinski definition) is 1. The normalized spacial score (nSPS) is 20.2. The largest absolute Gasteiger partial charge is 0.366 e. The predicted octanol–water partition coefficient (Wildman–Crippen LogP) is 3.42. The first-order chi connectivity index (χ1) is 10.9. The Balaban J connectivity index is 1.66. The molecule has 5 nitrogen and oxygen atoms in total. The van der Waals surface area contributed by atoms with E-state index in [9.17, 15) is 0 Å². The smallest absolute Gasteiger partial charge is 0.168 e. The van der Waals surface area contributed by atoms with Crippen molar-refractivity contribution in [1.29, 1.82) is 0 Å². The third-order valence-electron chi connectivity index (χ3n) is 4.27. The van der Waals surface area contributed by atoms with Gasteiger partial charge >= 0.3 is 0 Å². The second-order valence-electron chi connectivity index (χ2n) is 5.89. The van der Waals surface area contributed by atoms with E-state index < -0.39 is 0 Å². The zero-order chi connectivity index (χ0) is 14.9. The van der Waals surface area contributed by atoms with Crippen LogP contribution in [-0.2, 0) is 0 Å². The number of benzene rings is 1. The Kier molecular flexibility index (Phi) is 3.25. The molecule has 1 saturated carbocycles. The van der Waals surface area contributed by atoms with Gasteiger partial charge in [0.1, 0.15) is 12.1 Å². The molecule has 0 spiro atoms. The summed E-state index contributed by atoms with van der Waals surface area (Å²) in [5.41, 5.74) is 1.86. The fourth-order valence-electron chi connectivity index (χ4n) is 3.01. The molecule has 2 heterocycles. The Morgan fingerprint density at radius 3 is 2.91 bits per heavy atom. The maximum atomic E-state index is 4.48. The summed E-state index contributed by atoms with van der Waals surface area (Å²) < 4.78 is 1.86. The Bertz CT molecular complexity index is 780. The number of hydrogen-bond acceptors (Lipinski definition) is 4. The highest BCUT2D eigenvalue weighted by atomic mass is 15.3. The highest BCUT2D eigenvalue weighted by Crippen LogP contribution is 2.37. The van der Waals surface area contributed by atoms with Gasteiger partial charge in [-0.25, -0.2) is 14.6 Å². The lowest BCUT2D eigenvalue weighted by molar-refractivity contribution is 0.692. The van der Waals surface area contributed by atoms with Crippen molar-refractivity contribution in [3.63, 3.8) is 0 Å². The van der Waals surface area contributed by atoms with Crippen molar-refractivity contribution >= 4 is 16.9 Å². The molecule has 0 saturated heterocycles. The van der Waals surface area contributed by atoms with E-state index in [4.69, 9.17) is 0 Å². The van der Waals surface area contributed by atoms with E-state index in [0.717, 1.165) is 28.5 Å². The van der Waals surface area contributed by atoms with Crippen molar-refractivity contribution in [1.82, 2.24) is 19.7 Å². The predicted molar refractivity (Wildman–Crippen MR) is 87.1 cm³/mol. The van der Waals surface area contributed by atoms with Crippen LogP contribution in [0.25, 0.3) is 16.7 Å². The van der Waals surface area contributed by atoms with Gasteiger partial charge in [0, 0.05) is 6.04 Å². The van der Waals surface area contributed by atoms with Crippen LogP contribution in [0.2, 0.25) is 0 Å². The lowest BCUT2D eigenvalue weighted by Gasteiger charge is -2.06. The molecule has 1 aromatic carbocycles. The van der Waals surface area contributed by atoms with Gasteiger partial charge in [0.2, 0.25) is 0 Å². The number of nitrogens with one attached hydrogen (secondary N) is 1. The second kappa shape index (κ2) is 5.40. The SMILES string of the molecule is CCCC1CC1Nc1ncnc2c1cnn2-c1ccccc1. The second-order valence-corrected chi connectivity index (χ2v) is 5.89. The van der Waals surface area contributed by atoms with Crippen LogP contribution in [0, 0.1) is 5.92 Å². The van der Waals surface area contributed by atoms with E-state index in [0.29, 0.717) is 6.04 Å². The maximum Gasteiger partial charge on any atom is 0.168 e. The van der Waals surface area contributed by atoms with Crippen molar-refractivity contribution in [2.24, 2.45) is 5.92 Å². The number of anilines is 1. The Labute approximate surface area is 129 Å². The number of aromatic nitrogens is 4. The standard InChI is InChI=1S/C17H19N5/c1-2-6-12-9-15(12)21-16-14-10-20-22(17(14)19-11-18-16)13-7-4-3-5-8-13/h3-5,7-8,10-12,15H,2,6,9H2,1H3,(H,18,19,21). The molecular formula is C17H19N5. The van der Waals surface area contributed by atoms with Crippen molar-refractivity contribution in [3.05, 3.63) is 42.9 Å². The van der Waals surface area contributed by atoms with Gasteiger partial charge in [0.15, 0.2) is 5.65 Å². The zero-order valence-electron chi connectivity index (χ0n) is 12.6. The Hall–Kier alpha value is -2.43. The van der Waals surface area contributed by atoms with Crippen molar-refractivity contribution in [3.8, 4) is 5.69 Å². The van der Waals surface area contributed by atoms with Gasteiger partial charge in [-0.05, 0) is 30.9 Å². The average Bonchev–Trinajstić information content (AvgIpc) is 3.12. The van der Waals surface area contributed by atoms with Gasteiger partial charge in [0.05, 0.1) is 17.3 Å². The fraction of sp³-hybridized carbons (Fsp3) is 0.353. The van der Waals surface area contributed by atoms with Crippen LogP contribution < -0.4 is 5.32 Å². The van der Waals surface area contributed by atoms with E-state index in [1.54, 1.807) is 6.33 Å². The van der Waals surface area contributed by atoms with Crippen molar-refractivity contribution < 1.29 is 0 Å². The molecule has 3 aromatic rings. The third kappa shape index (κ3) is 2.32. The lowest BCUT2D eigenvalue weighted by atomic mass is 10.2. The number of fused-ring (bicyclic) bond motifs is 1. The maximum absolute atomic E-state index is 4.48. The monoisotopic (exact) mass is 293 g/mol. The average molecular weight is 293 g/mol. The quantitative estimate of drug-likeness (QED) is 0.783. The molecule has 0 aliphatic heterocycles. The molecule has 4 rings (SSSR count). The van der Waals surface area contributed by atoms with Gasteiger partial charge in [0.25, 0.3) is 0 Å². The van der Waals surface area contributed by atoms with Crippen LogP contribution in [-0.4, -0.2) is 25.8 Å². The van der Waals surface area contributed by atoms with Crippen LogP contribution in [0.5, 0.6) is 0 Å². The van der Waals surface area contributed by atoms with E-state index in [2.05, 4.69) is 27.3 Å². The molecule has 2 unspecified atom stereocenters. The molecule has 1 N–H and O–H groups in total. The Morgan fingerprint density at radius 1 is 1.23 bits per heavy atom. The van der Waals surface area contributed by atoms with Crippen LogP contribution in [0.15, 0.2) is 42.9 Å². The summed E-state index contributed by atoms with van der Waals surface area (Å²) in [7, 11) is 0. The van der Waals surface area contributed by atoms with Gasteiger partial charge in [-0.2, -0.15) is 5.10 Å². The Morgan fingerprint density at radius 2 is 2.09 bits per heavy atom. The third-order valence-corrected chi connectivity index (χ3v) is 4.27. The van der Waals surface area contributed by atoms with E-state index in [-0.39, 0.29) is 0 Å². The molecule has 2 aromatic heterocycles. The summed E-state index contributed by atoms with van der Waals surface area (Å²) in [5.74, 6) is 1.69. The molecule has 0 radical (unpaired) electrons. The lowest BCUT2D eigenvalue weighted by Crippen LogP contribution is -2.07. The molecule has 5 heteroatoms. The first kappa shape index (κ1) is 13.2. The van der Waals surface area contributed by atoms with Crippen LogP contribution in [0.4, 0.5) is 5.82 Å². The highest BCUT2D eigenvalue weighted by Gasteiger charge is 2.36. The minimum atomic E-state index is 0.554. The zero-order valence-corrected chi connectivity index (χ0v) is 12.6. The van der Waals surface area contributed by atoms with Crippen molar-refractivity contribution in [2.75, 3.05) is 5.32 Å². The van der Waals surface area contributed by atoms with Crippen molar-refractivity contribution in [2.45, 2.75) is 32.2 Å². The first-order valence-corrected chi connectivity index (χ1v) is 7.87. The van der Waals surface area contributed by atoms with Gasteiger partial charge in [-0.3, -0.25) is 0 Å². The molecule has 112 valence electrons. The van der Waals surface area contributed by atoms with E-state index in [1.807, 2.05) is 41.2 Å². The molecule has 1 fully saturated rings.